The summed E-state index contributed by atoms with van der Waals surface area (Å²) < 4.78 is 82.4. The summed E-state index contributed by atoms with van der Waals surface area (Å²) in [5.74, 6) is -3.41. The number of fused-ring (bicyclic) bond motifs is 1. The van der Waals surface area contributed by atoms with E-state index >= 15 is 0 Å². The molecule has 0 aliphatic carbocycles. The first-order valence-electron chi connectivity index (χ1n) is 5.74. The second kappa shape index (κ2) is 5.64. The van der Waals surface area contributed by atoms with Crippen LogP contribution in [0.3, 0.4) is 0 Å². The molecule has 2 rings (SSSR count). The van der Waals surface area contributed by atoms with Crippen molar-refractivity contribution in [3.63, 3.8) is 0 Å². The van der Waals surface area contributed by atoms with Crippen molar-refractivity contribution in [1.82, 2.24) is 0 Å². The Morgan fingerprint density at radius 3 is 2.14 bits per heavy atom. The van der Waals surface area contributed by atoms with E-state index in [1.54, 1.807) is 6.07 Å². The van der Waals surface area contributed by atoms with E-state index in [1.807, 2.05) is 0 Å². The van der Waals surface area contributed by atoms with E-state index in [4.69, 9.17) is 4.74 Å². The molecule has 1 nitrogen and oxygen atoms in total. The Morgan fingerprint density at radius 2 is 1.62 bits per heavy atom. The Hall–Kier alpha value is -0.440. The van der Waals surface area contributed by atoms with E-state index in [0.717, 1.165) is 0 Å². The maximum absolute atomic E-state index is 12.8. The number of ether oxygens (including phenoxy) is 1. The molecule has 0 saturated carbocycles. The predicted octanol–water partition coefficient (Wildman–Crippen LogP) is 5.56. The number of hydrogen-bond acceptors (Lipinski definition) is 1. The van der Waals surface area contributed by atoms with Crippen molar-refractivity contribution < 1.29 is 31.1 Å². The molecule has 0 saturated heterocycles. The third-order valence-electron chi connectivity index (χ3n) is 3.07. The predicted molar refractivity (Wildman–Crippen MR) is 70.6 cm³/mol. The molecular weight excluding hydrogens is 434 g/mol. The molecule has 1 aromatic carbocycles. The molecule has 0 spiro atoms. The van der Waals surface area contributed by atoms with E-state index in [1.165, 1.54) is 6.07 Å². The fraction of sp³-hybridized carbons (Fsp3) is 0.500. The van der Waals surface area contributed by atoms with Crippen molar-refractivity contribution in [3.8, 4) is 5.75 Å². The topological polar surface area (TPSA) is 9.23 Å². The third kappa shape index (κ3) is 3.49. The fourth-order valence-corrected chi connectivity index (χ4v) is 3.66. The van der Waals surface area contributed by atoms with Gasteiger partial charge < -0.3 is 4.74 Å². The minimum absolute atomic E-state index is 0.0959. The summed E-state index contributed by atoms with van der Waals surface area (Å²) >= 11 is 5.67. The van der Waals surface area contributed by atoms with Gasteiger partial charge in [-0.05, 0) is 17.7 Å². The number of rotatable bonds is 2. The van der Waals surface area contributed by atoms with Crippen LogP contribution in [0.5, 0.6) is 5.75 Å². The highest BCUT2D eigenvalue weighted by atomic mass is 79.9. The van der Waals surface area contributed by atoms with Gasteiger partial charge in [0.15, 0.2) is 5.92 Å². The summed E-state index contributed by atoms with van der Waals surface area (Å²) in [7, 11) is 0. The zero-order valence-electron chi connectivity index (χ0n) is 10.2. The largest absolute Gasteiger partial charge is 0.493 e. The molecular formula is C12H8Br2F6O. The monoisotopic (exact) mass is 440 g/mol. The molecule has 0 radical (unpaired) electrons. The molecule has 1 aromatic rings. The molecule has 0 fully saturated rings. The Balaban J connectivity index is 2.50. The lowest BCUT2D eigenvalue weighted by atomic mass is 9.95. The van der Waals surface area contributed by atoms with Crippen LogP contribution in [-0.4, -0.2) is 19.0 Å². The minimum Gasteiger partial charge on any atom is -0.493 e. The van der Waals surface area contributed by atoms with Gasteiger partial charge in [0.05, 0.1) is 11.4 Å². The van der Waals surface area contributed by atoms with Crippen LogP contribution in [0.15, 0.2) is 16.6 Å². The first kappa shape index (κ1) is 16.9. The van der Waals surface area contributed by atoms with Crippen molar-refractivity contribution in [1.29, 1.82) is 0 Å². The van der Waals surface area contributed by atoms with Crippen molar-refractivity contribution in [2.75, 3.05) is 6.61 Å². The molecule has 0 N–H and O–H groups in total. The smallest absolute Gasteiger partial charge is 0.401 e. The molecule has 1 atom stereocenters. The van der Waals surface area contributed by atoms with Crippen molar-refractivity contribution in [2.45, 2.75) is 23.6 Å². The van der Waals surface area contributed by atoms with Gasteiger partial charge in [0.25, 0.3) is 0 Å². The molecule has 0 amide bonds. The standard InChI is InChI=1S/C12H8Br2F6O/c13-6-3-5-1-2-21-9(5)7(4-6)8(14)10(11(15,16)17)12(18,19)20/h3-4,8,10H,1-2H2. The van der Waals surface area contributed by atoms with Gasteiger partial charge in [-0.15, -0.1) is 0 Å². The van der Waals surface area contributed by atoms with E-state index in [0.29, 0.717) is 16.5 Å². The van der Waals surface area contributed by atoms with E-state index in [9.17, 15) is 26.3 Å². The molecule has 21 heavy (non-hydrogen) atoms. The quantitative estimate of drug-likeness (QED) is 0.431. The summed E-state index contributed by atoms with van der Waals surface area (Å²) in [4.78, 5) is -1.97. The lowest BCUT2D eigenvalue weighted by molar-refractivity contribution is -0.283. The maximum Gasteiger partial charge on any atom is 0.401 e. The Bertz CT molecular complexity index is 526. The molecule has 1 heterocycles. The molecule has 118 valence electrons. The SMILES string of the molecule is FC(F)(F)C(C(Br)c1cc(Br)cc2c1OCC2)C(F)(F)F. The van der Waals surface area contributed by atoms with Gasteiger partial charge >= 0.3 is 12.4 Å². The van der Waals surface area contributed by atoms with Gasteiger partial charge in [-0.3, -0.25) is 0 Å². The average molecular weight is 442 g/mol. The van der Waals surface area contributed by atoms with Crippen LogP contribution in [0.1, 0.15) is 16.0 Å². The van der Waals surface area contributed by atoms with Crippen LogP contribution < -0.4 is 4.74 Å². The van der Waals surface area contributed by atoms with E-state index < -0.39 is 23.1 Å². The molecule has 0 aromatic heterocycles. The normalized spacial score (nSPS) is 16.8. The second-order valence-electron chi connectivity index (χ2n) is 4.54. The number of hydrogen-bond donors (Lipinski definition) is 0. The Labute approximate surface area is 132 Å². The first-order chi connectivity index (χ1) is 9.51. The summed E-state index contributed by atoms with van der Waals surface area (Å²) in [5.41, 5.74) is 0.434. The van der Waals surface area contributed by atoms with Crippen LogP contribution in [0, 0.1) is 5.92 Å². The average Bonchev–Trinajstić information content (AvgIpc) is 2.71. The second-order valence-corrected chi connectivity index (χ2v) is 6.45. The highest BCUT2D eigenvalue weighted by Gasteiger charge is 2.60. The third-order valence-corrected chi connectivity index (χ3v) is 4.55. The van der Waals surface area contributed by atoms with E-state index in [2.05, 4.69) is 31.9 Å². The molecule has 1 unspecified atom stereocenters. The van der Waals surface area contributed by atoms with Crippen molar-refractivity contribution in [3.05, 3.63) is 27.7 Å². The van der Waals surface area contributed by atoms with Gasteiger partial charge in [-0.25, -0.2) is 0 Å². The van der Waals surface area contributed by atoms with Crippen molar-refractivity contribution >= 4 is 31.9 Å². The number of benzene rings is 1. The minimum atomic E-state index is -5.42. The highest BCUT2D eigenvalue weighted by molar-refractivity contribution is 9.10. The summed E-state index contributed by atoms with van der Waals surface area (Å²) in [6.07, 6.45) is -10.4. The fourth-order valence-electron chi connectivity index (χ4n) is 2.20. The lowest BCUT2D eigenvalue weighted by Crippen LogP contribution is -2.39. The van der Waals surface area contributed by atoms with Crippen LogP contribution in [0.25, 0.3) is 0 Å². The van der Waals surface area contributed by atoms with E-state index in [-0.39, 0.29) is 17.9 Å². The highest BCUT2D eigenvalue weighted by Crippen LogP contribution is 2.53. The van der Waals surface area contributed by atoms with Gasteiger partial charge in [-0.2, -0.15) is 26.3 Å². The van der Waals surface area contributed by atoms with Crippen LogP contribution >= 0.6 is 31.9 Å². The number of halogens is 8. The summed E-state index contributed by atoms with van der Waals surface area (Å²) in [6.45, 7) is 0.237. The summed E-state index contributed by atoms with van der Waals surface area (Å²) in [5, 5.41) is 0. The summed E-state index contributed by atoms with van der Waals surface area (Å²) in [6, 6.07) is 2.84. The zero-order valence-corrected chi connectivity index (χ0v) is 13.3. The molecule has 1 aliphatic rings. The van der Waals surface area contributed by atoms with Gasteiger partial charge in [-0.1, -0.05) is 31.9 Å². The zero-order chi connectivity index (χ0) is 16.0. The van der Waals surface area contributed by atoms with Crippen LogP contribution in [0.2, 0.25) is 0 Å². The molecule has 1 aliphatic heterocycles. The lowest BCUT2D eigenvalue weighted by Gasteiger charge is -2.28. The Morgan fingerprint density at radius 1 is 1.05 bits per heavy atom. The van der Waals surface area contributed by atoms with Crippen molar-refractivity contribution in [2.24, 2.45) is 5.92 Å². The van der Waals surface area contributed by atoms with Gasteiger partial charge in [0.2, 0.25) is 0 Å². The van der Waals surface area contributed by atoms with Crippen LogP contribution in [-0.2, 0) is 6.42 Å². The number of alkyl halides is 7. The maximum atomic E-state index is 12.8. The first-order valence-corrected chi connectivity index (χ1v) is 7.45. The molecule has 0 bridgehead atoms. The van der Waals surface area contributed by atoms with Crippen LogP contribution in [0.4, 0.5) is 26.3 Å². The van der Waals surface area contributed by atoms with Gasteiger partial charge in [0, 0.05) is 16.5 Å². The molecule has 9 heteroatoms. The Kier molecular flexibility index (Phi) is 4.55. The van der Waals surface area contributed by atoms with Gasteiger partial charge in [0.1, 0.15) is 5.75 Å².